The monoisotopic (exact) mass is 453 g/mol. The molecule has 31 heavy (non-hydrogen) atoms. The average Bonchev–Trinajstić information content (AvgIpc) is 2.73. The number of ether oxygens (including phenoxy) is 1. The molecule has 172 valence electrons. The van der Waals surface area contributed by atoms with Crippen LogP contribution < -0.4 is 10.6 Å². The number of nitrogens with one attached hydrogen (secondary N) is 2. The van der Waals surface area contributed by atoms with E-state index >= 15 is 0 Å². The van der Waals surface area contributed by atoms with Crippen molar-refractivity contribution in [3.8, 4) is 0 Å². The van der Waals surface area contributed by atoms with Crippen LogP contribution in [-0.4, -0.2) is 56.4 Å². The third-order valence-corrected chi connectivity index (χ3v) is 7.12. The molecule has 2 N–H and O–H groups in total. The first-order chi connectivity index (χ1) is 14.6. The Balaban J connectivity index is 1.90. The zero-order valence-electron chi connectivity index (χ0n) is 18.4. The number of rotatable bonds is 7. The number of sulfonamides is 1. The van der Waals surface area contributed by atoms with Gasteiger partial charge < -0.3 is 10.1 Å². The molecular weight excluding hydrogens is 422 g/mol. The molecule has 2 rings (SSSR count). The largest absolute Gasteiger partial charge is 0.452 e. The summed E-state index contributed by atoms with van der Waals surface area (Å²) < 4.78 is 32.3. The predicted octanol–water partition coefficient (Wildman–Crippen LogP) is 1.99. The number of urea groups is 1. The van der Waals surface area contributed by atoms with Crippen LogP contribution in [0, 0.1) is 5.92 Å². The van der Waals surface area contributed by atoms with Crippen LogP contribution in [0.25, 0.3) is 0 Å². The molecule has 0 spiro atoms. The first-order valence-electron chi connectivity index (χ1n) is 10.5. The van der Waals surface area contributed by atoms with Gasteiger partial charge in [0.25, 0.3) is 5.91 Å². The van der Waals surface area contributed by atoms with Crippen molar-refractivity contribution < 1.29 is 27.5 Å². The van der Waals surface area contributed by atoms with Gasteiger partial charge in [-0.2, -0.15) is 4.31 Å². The molecule has 0 saturated carbocycles. The molecule has 9 nitrogen and oxygen atoms in total. The van der Waals surface area contributed by atoms with E-state index in [1.54, 1.807) is 19.1 Å². The van der Waals surface area contributed by atoms with Gasteiger partial charge in [0.05, 0.1) is 10.8 Å². The third kappa shape index (κ3) is 6.51. The van der Waals surface area contributed by atoms with Crippen molar-refractivity contribution in [3.63, 3.8) is 0 Å². The number of nitrogens with zero attached hydrogens (tertiary/aromatic N) is 1. The fourth-order valence-electron chi connectivity index (χ4n) is 3.25. The normalized spacial score (nSPS) is 16.5. The van der Waals surface area contributed by atoms with Crippen molar-refractivity contribution in [2.24, 2.45) is 5.92 Å². The number of hydrogen-bond donors (Lipinski definition) is 2. The highest BCUT2D eigenvalue weighted by molar-refractivity contribution is 7.89. The summed E-state index contributed by atoms with van der Waals surface area (Å²) in [6.07, 6.45) is -0.532. The predicted molar refractivity (Wildman–Crippen MR) is 115 cm³/mol. The minimum absolute atomic E-state index is 0.188. The summed E-state index contributed by atoms with van der Waals surface area (Å²) in [4.78, 5) is 35.9. The Kier molecular flexibility index (Phi) is 8.58. The van der Waals surface area contributed by atoms with Crippen molar-refractivity contribution in [3.05, 3.63) is 29.8 Å². The van der Waals surface area contributed by atoms with E-state index in [0.29, 0.717) is 25.3 Å². The molecule has 1 aromatic rings. The lowest BCUT2D eigenvalue weighted by atomic mass is 9.98. The van der Waals surface area contributed by atoms with Crippen LogP contribution >= 0.6 is 0 Å². The minimum Gasteiger partial charge on any atom is -0.452 e. The maximum absolute atomic E-state index is 12.9. The number of piperidine rings is 1. The number of benzene rings is 1. The summed E-state index contributed by atoms with van der Waals surface area (Å²) in [6.45, 7) is 7.90. The summed E-state index contributed by atoms with van der Waals surface area (Å²) in [5, 5.41) is 4.51. The van der Waals surface area contributed by atoms with E-state index in [4.69, 9.17) is 4.74 Å². The van der Waals surface area contributed by atoms with E-state index in [1.165, 1.54) is 11.2 Å². The maximum Gasteiger partial charge on any atom is 0.321 e. The Hall–Kier alpha value is -2.46. The highest BCUT2D eigenvalue weighted by atomic mass is 32.2. The van der Waals surface area contributed by atoms with Crippen LogP contribution in [0.5, 0.6) is 0 Å². The van der Waals surface area contributed by atoms with Crippen molar-refractivity contribution in [1.29, 1.82) is 0 Å². The number of hydrogen-bond acceptors (Lipinski definition) is 6. The van der Waals surface area contributed by atoms with Crippen molar-refractivity contribution in [1.82, 2.24) is 14.9 Å². The fraction of sp³-hybridized carbons (Fsp3) is 0.571. The summed E-state index contributed by atoms with van der Waals surface area (Å²) >= 11 is 0. The van der Waals surface area contributed by atoms with E-state index < -0.39 is 40.0 Å². The van der Waals surface area contributed by atoms with Crippen molar-refractivity contribution in [2.45, 2.75) is 57.5 Å². The molecule has 0 radical (unpaired) electrons. The molecule has 3 amide bonds. The summed E-state index contributed by atoms with van der Waals surface area (Å²) in [7, 11) is -3.64. The lowest BCUT2D eigenvalue weighted by Gasteiger charge is -2.30. The lowest BCUT2D eigenvalue weighted by molar-refractivity contribution is -0.159. The van der Waals surface area contributed by atoms with Crippen molar-refractivity contribution in [2.75, 3.05) is 19.6 Å². The van der Waals surface area contributed by atoms with E-state index in [-0.39, 0.29) is 18.0 Å². The van der Waals surface area contributed by atoms with Crippen molar-refractivity contribution >= 4 is 27.9 Å². The molecule has 0 bridgehead atoms. The summed E-state index contributed by atoms with van der Waals surface area (Å²) in [5.74, 6) is -1.49. The van der Waals surface area contributed by atoms with Crippen LogP contribution in [0.1, 0.15) is 52.0 Å². The zero-order chi connectivity index (χ0) is 23.2. The maximum atomic E-state index is 12.9. The number of imide groups is 1. The van der Waals surface area contributed by atoms with E-state index in [9.17, 15) is 22.8 Å². The minimum atomic E-state index is -3.64. The molecule has 1 fully saturated rings. The van der Waals surface area contributed by atoms with Gasteiger partial charge in [0, 0.05) is 19.6 Å². The molecule has 1 heterocycles. The summed E-state index contributed by atoms with van der Waals surface area (Å²) in [5.41, 5.74) is 1.06. The van der Waals surface area contributed by atoms with Crippen LogP contribution in [0.2, 0.25) is 0 Å². The highest BCUT2D eigenvalue weighted by Gasteiger charge is 2.34. The fourth-order valence-corrected chi connectivity index (χ4v) is 4.72. The molecule has 1 aromatic carbocycles. The van der Waals surface area contributed by atoms with E-state index in [0.717, 1.165) is 5.56 Å². The van der Waals surface area contributed by atoms with Gasteiger partial charge in [-0.05, 0) is 50.3 Å². The van der Waals surface area contributed by atoms with Gasteiger partial charge in [0.2, 0.25) is 10.0 Å². The second-order valence-corrected chi connectivity index (χ2v) is 9.77. The van der Waals surface area contributed by atoms with Crippen LogP contribution in [-0.2, 0) is 24.3 Å². The van der Waals surface area contributed by atoms with Gasteiger partial charge in [-0.3, -0.25) is 14.9 Å². The quantitative estimate of drug-likeness (QED) is 0.609. The van der Waals surface area contributed by atoms with Crippen LogP contribution in [0.3, 0.4) is 0 Å². The van der Waals surface area contributed by atoms with E-state index in [1.807, 2.05) is 26.0 Å². The van der Waals surface area contributed by atoms with Crippen LogP contribution in [0.15, 0.2) is 29.2 Å². The molecule has 0 aliphatic carbocycles. The Bertz CT molecular complexity index is 890. The van der Waals surface area contributed by atoms with E-state index in [2.05, 4.69) is 10.6 Å². The standard InChI is InChI=1S/C21H31N3O6S/c1-5-22-21(27)23-19(25)15(4)30-20(26)17-10-12-24(13-11-17)31(28,29)18-8-6-16(7-9-18)14(2)3/h6-9,14-15,17H,5,10-13H2,1-4H3,(H2,22,23,25,27). The molecule has 1 unspecified atom stereocenters. The molecule has 1 atom stereocenters. The lowest BCUT2D eigenvalue weighted by Crippen LogP contribution is -2.46. The Morgan fingerprint density at radius 1 is 1.10 bits per heavy atom. The Morgan fingerprint density at radius 2 is 1.68 bits per heavy atom. The van der Waals surface area contributed by atoms with Crippen LogP contribution in [0.4, 0.5) is 4.79 Å². The van der Waals surface area contributed by atoms with Gasteiger partial charge in [-0.15, -0.1) is 0 Å². The smallest absolute Gasteiger partial charge is 0.321 e. The first kappa shape index (κ1) is 24.8. The zero-order valence-corrected chi connectivity index (χ0v) is 19.2. The number of carbonyl (C=O) groups excluding carboxylic acids is 3. The third-order valence-electron chi connectivity index (χ3n) is 5.21. The molecule has 1 aliphatic rings. The first-order valence-corrected chi connectivity index (χ1v) is 11.9. The Morgan fingerprint density at radius 3 is 2.19 bits per heavy atom. The van der Waals surface area contributed by atoms with Gasteiger partial charge >= 0.3 is 12.0 Å². The average molecular weight is 454 g/mol. The van der Waals surface area contributed by atoms with Gasteiger partial charge in [-0.25, -0.2) is 13.2 Å². The van der Waals surface area contributed by atoms with Gasteiger partial charge in [-0.1, -0.05) is 26.0 Å². The second-order valence-electron chi connectivity index (χ2n) is 7.83. The molecular formula is C21H31N3O6S. The Labute approximate surface area is 183 Å². The summed E-state index contributed by atoms with van der Waals surface area (Å²) in [6, 6.07) is 6.19. The topological polar surface area (TPSA) is 122 Å². The second kappa shape index (κ2) is 10.7. The highest BCUT2D eigenvalue weighted by Crippen LogP contribution is 2.26. The SMILES string of the molecule is CCNC(=O)NC(=O)C(C)OC(=O)C1CCN(S(=O)(=O)c2ccc(C(C)C)cc2)CC1. The molecule has 1 saturated heterocycles. The molecule has 1 aliphatic heterocycles. The number of carbonyl (C=O) groups is 3. The number of esters is 1. The molecule has 0 aromatic heterocycles. The van der Waals surface area contributed by atoms with Gasteiger partial charge in [0.15, 0.2) is 6.10 Å². The number of amides is 3. The molecule has 10 heteroatoms. The van der Waals surface area contributed by atoms with Gasteiger partial charge in [0.1, 0.15) is 0 Å².